The fourth-order valence-corrected chi connectivity index (χ4v) is 4.02. The SMILES string of the molecule is CCN1CCN(C(=O)CCNS(=O)(=O)c2ccc(Cl)c(C(F)(F)F)c2)CC1. The van der Waals surface area contributed by atoms with Crippen molar-refractivity contribution in [1.29, 1.82) is 0 Å². The largest absolute Gasteiger partial charge is 0.417 e. The molecule has 1 saturated heterocycles. The molecule has 0 bridgehead atoms. The van der Waals surface area contributed by atoms with Gasteiger partial charge >= 0.3 is 6.18 Å². The number of nitrogens with one attached hydrogen (secondary N) is 1. The van der Waals surface area contributed by atoms with Crippen molar-refractivity contribution in [2.24, 2.45) is 0 Å². The number of hydrogen-bond donors (Lipinski definition) is 1. The Hall–Kier alpha value is -1.36. The van der Waals surface area contributed by atoms with Crippen LogP contribution in [-0.2, 0) is 21.0 Å². The summed E-state index contributed by atoms with van der Waals surface area (Å²) in [7, 11) is -4.19. The lowest BCUT2D eigenvalue weighted by Gasteiger charge is -2.34. The molecule has 1 aliphatic heterocycles. The number of halogens is 4. The van der Waals surface area contributed by atoms with Crippen LogP contribution in [0.15, 0.2) is 23.1 Å². The Bertz CT molecular complexity index is 779. The minimum absolute atomic E-state index is 0.0644. The van der Waals surface area contributed by atoms with Gasteiger partial charge in [-0.25, -0.2) is 13.1 Å². The summed E-state index contributed by atoms with van der Waals surface area (Å²) in [5, 5.41) is -0.581. The number of hydrogen-bond acceptors (Lipinski definition) is 4. The van der Waals surface area contributed by atoms with Gasteiger partial charge in [-0.2, -0.15) is 13.2 Å². The Morgan fingerprint density at radius 2 is 1.85 bits per heavy atom. The van der Waals surface area contributed by atoms with Crippen LogP contribution in [0.25, 0.3) is 0 Å². The third-order valence-corrected chi connectivity index (χ3v) is 6.14. The van der Waals surface area contributed by atoms with E-state index in [0.717, 1.165) is 31.8 Å². The van der Waals surface area contributed by atoms with E-state index >= 15 is 0 Å². The fourth-order valence-electron chi connectivity index (χ4n) is 2.74. The van der Waals surface area contributed by atoms with Crippen molar-refractivity contribution in [3.63, 3.8) is 0 Å². The number of piperazine rings is 1. The van der Waals surface area contributed by atoms with Gasteiger partial charge in [0.1, 0.15) is 0 Å². The minimum atomic E-state index is -4.76. The summed E-state index contributed by atoms with van der Waals surface area (Å²) < 4.78 is 65.2. The summed E-state index contributed by atoms with van der Waals surface area (Å²) >= 11 is 5.49. The molecule has 1 aromatic carbocycles. The van der Waals surface area contributed by atoms with Gasteiger partial charge < -0.3 is 9.80 Å². The van der Waals surface area contributed by atoms with Crippen LogP contribution in [-0.4, -0.2) is 63.4 Å². The van der Waals surface area contributed by atoms with E-state index in [9.17, 15) is 26.4 Å². The highest BCUT2D eigenvalue weighted by Gasteiger charge is 2.34. The fraction of sp³-hybridized carbons (Fsp3) is 0.562. The standard InChI is InChI=1S/C16H21ClF3N3O3S/c1-2-22-7-9-23(10-8-22)15(24)5-6-21-27(25,26)12-3-4-14(17)13(11-12)16(18,19)20/h3-4,11,21H,2,5-10H2,1H3. The van der Waals surface area contributed by atoms with E-state index in [1.807, 2.05) is 6.92 Å². The molecule has 0 saturated carbocycles. The zero-order valence-corrected chi connectivity index (χ0v) is 16.3. The molecule has 1 N–H and O–H groups in total. The normalized spacial score (nSPS) is 16.6. The molecule has 11 heteroatoms. The molecule has 1 fully saturated rings. The molecule has 0 aromatic heterocycles. The monoisotopic (exact) mass is 427 g/mol. The van der Waals surface area contributed by atoms with Crippen LogP contribution in [0.1, 0.15) is 18.9 Å². The number of rotatable bonds is 6. The third kappa shape index (κ3) is 5.81. The lowest BCUT2D eigenvalue weighted by molar-refractivity contribution is -0.137. The topological polar surface area (TPSA) is 69.7 Å². The van der Waals surface area contributed by atoms with E-state index in [4.69, 9.17) is 11.6 Å². The van der Waals surface area contributed by atoms with Gasteiger partial charge in [0.05, 0.1) is 15.5 Å². The number of nitrogens with zero attached hydrogens (tertiary/aromatic N) is 2. The first-order valence-electron chi connectivity index (χ1n) is 8.41. The Kier molecular flexibility index (Phi) is 7.12. The first-order chi connectivity index (χ1) is 12.5. The van der Waals surface area contributed by atoms with Crippen LogP contribution in [0, 0.1) is 0 Å². The Balaban J connectivity index is 1.94. The molecule has 6 nitrogen and oxygen atoms in total. The molecule has 0 atom stereocenters. The molecule has 2 rings (SSSR count). The highest BCUT2D eigenvalue weighted by molar-refractivity contribution is 7.89. The Morgan fingerprint density at radius 1 is 1.22 bits per heavy atom. The van der Waals surface area contributed by atoms with E-state index in [0.29, 0.717) is 19.2 Å². The van der Waals surface area contributed by atoms with Crippen LogP contribution >= 0.6 is 11.6 Å². The van der Waals surface area contributed by atoms with E-state index in [-0.39, 0.29) is 18.9 Å². The number of carbonyl (C=O) groups is 1. The molecule has 1 heterocycles. The average Bonchev–Trinajstić information content (AvgIpc) is 2.60. The summed E-state index contributed by atoms with van der Waals surface area (Å²) in [6.45, 7) is 5.42. The number of alkyl halides is 3. The quantitative estimate of drug-likeness (QED) is 0.755. The first-order valence-corrected chi connectivity index (χ1v) is 10.3. The highest BCUT2D eigenvalue weighted by Crippen LogP contribution is 2.35. The van der Waals surface area contributed by atoms with Gasteiger partial charge in [0.15, 0.2) is 0 Å². The summed E-state index contributed by atoms with van der Waals surface area (Å²) in [5.74, 6) is -0.194. The number of sulfonamides is 1. The number of amides is 1. The molecule has 1 amide bonds. The zero-order valence-electron chi connectivity index (χ0n) is 14.7. The predicted octanol–water partition coefficient (Wildman–Crippen LogP) is 2.19. The maximum Gasteiger partial charge on any atom is 0.417 e. The highest BCUT2D eigenvalue weighted by atomic mass is 35.5. The summed E-state index contributed by atoms with van der Waals surface area (Å²) in [6, 6.07) is 2.36. The van der Waals surface area contributed by atoms with Crippen molar-refractivity contribution < 1.29 is 26.4 Å². The number of likely N-dealkylation sites (N-methyl/N-ethyl adjacent to an activating group) is 1. The molecule has 0 unspecified atom stereocenters. The Morgan fingerprint density at radius 3 is 2.41 bits per heavy atom. The number of carbonyl (C=O) groups excluding carboxylic acids is 1. The lowest BCUT2D eigenvalue weighted by Crippen LogP contribution is -2.49. The lowest BCUT2D eigenvalue weighted by atomic mass is 10.2. The summed E-state index contributed by atoms with van der Waals surface area (Å²) in [4.78, 5) is 15.5. The summed E-state index contributed by atoms with van der Waals surface area (Å²) in [5.41, 5.74) is -1.23. The van der Waals surface area contributed by atoms with Crippen LogP contribution in [0.5, 0.6) is 0 Å². The first kappa shape index (κ1) is 21.9. The Labute approximate surface area is 161 Å². The van der Waals surface area contributed by atoms with Crippen molar-refractivity contribution in [3.05, 3.63) is 28.8 Å². The van der Waals surface area contributed by atoms with E-state index in [2.05, 4.69) is 9.62 Å². The molecule has 1 aromatic rings. The van der Waals surface area contributed by atoms with E-state index < -0.39 is 31.7 Å². The minimum Gasteiger partial charge on any atom is -0.340 e. The van der Waals surface area contributed by atoms with Gasteiger partial charge in [-0.3, -0.25) is 4.79 Å². The molecular formula is C16H21ClF3N3O3S. The molecule has 0 aliphatic carbocycles. The maximum atomic E-state index is 12.9. The van der Waals surface area contributed by atoms with Crippen molar-refractivity contribution in [3.8, 4) is 0 Å². The van der Waals surface area contributed by atoms with E-state index in [1.54, 1.807) is 4.90 Å². The van der Waals surface area contributed by atoms with Gasteiger partial charge in [-0.05, 0) is 24.7 Å². The zero-order chi connectivity index (χ0) is 20.2. The van der Waals surface area contributed by atoms with Gasteiger partial charge in [0.25, 0.3) is 0 Å². The molecular weight excluding hydrogens is 407 g/mol. The second-order valence-corrected chi connectivity index (χ2v) is 8.28. The van der Waals surface area contributed by atoms with Crippen LogP contribution in [0.4, 0.5) is 13.2 Å². The van der Waals surface area contributed by atoms with Crippen molar-refractivity contribution in [2.75, 3.05) is 39.3 Å². The molecule has 27 heavy (non-hydrogen) atoms. The molecule has 152 valence electrons. The second-order valence-electron chi connectivity index (χ2n) is 6.10. The van der Waals surface area contributed by atoms with Crippen LogP contribution < -0.4 is 4.72 Å². The molecule has 0 spiro atoms. The predicted molar refractivity (Wildman–Crippen MR) is 95.0 cm³/mol. The van der Waals surface area contributed by atoms with Gasteiger partial charge in [-0.15, -0.1) is 0 Å². The van der Waals surface area contributed by atoms with E-state index in [1.165, 1.54) is 0 Å². The third-order valence-electron chi connectivity index (χ3n) is 4.36. The second kappa shape index (κ2) is 8.76. The van der Waals surface area contributed by atoms with Gasteiger partial charge in [0.2, 0.25) is 15.9 Å². The maximum absolute atomic E-state index is 12.9. The van der Waals surface area contributed by atoms with Crippen LogP contribution in [0.3, 0.4) is 0 Å². The van der Waals surface area contributed by atoms with Crippen molar-refractivity contribution >= 4 is 27.5 Å². The van der Waals surface area contributed by atoms with Crippen molar-refractivity contribution in [2.45, 2.75) is 24.4 Å². The van der Waals surface area contributed by atoms with Gasteiger partial charge in [0, 0.05) is 39.1 Å². The van der Waals surface area contributed by atoms with Gasteiger partial charge in [-0.1, -0.05) is 18.5 Å². The summed E-state index contributed by atoms with van der Waals surface area (Å²) in [6.07, 6.45) is -4.83. The molecule has 0 radical (unpaired) electrons. The van der Waals surface area contributed by atoms with Crippen LogP contribution in [0.2, 0.25) is 5.02 Å². The number of benzene rings is 1. The van der Waals surface area contributed by atoms with Crippen molar-refractivity contribution in [1.82, 2.24) is 14.5 Å². The average molecular weight is 428 g/mol. The molecule has 1 aliphatic rings. The smallest absolute Gasteiger partial charge is 0.340 e.